The smallest absolute Gasteiger partial charge is 0.247 e. The van der Waals surface area contributed by atoms with Gasteiger partial charge in [-0.05, 0) is 48.1 Å². The second-order valence-electron chi connectivity index (χ2n) is 6.22. The Morgan fingerprint density at radius 2 is 1.83 bits per heavy atom. The summed E-state index contributed by atoms with van der Waals surface area (Å²) in [4.78, 5) is 13.9. The van der Waals surface area contributed by atoms with Gasteiger partial charge in [0.25, 0.3) is 0 Å². The van der Waals surface area contributed by atoms with Gasteiger partial charge in [-0.1, -0.05) is 48.5 Å². The maximum absolute atomic E-state index is 12.4. The number of hydrogen-bond donors (Lipinski definition) is 0. The summed E-state index contributed by atoms with van der Waals surface area (Å²) in [6.45, 7) is 0. The second kappa shape index (κ2) is 6.72. The molecule has 2 aromatic rings. The predicted octanol–water partition coefficient (Wildman–Crippen LogP) is 4.27. The number of amides is 1. The minimum Gasteiger partial charge on any atom is -0.323 e. The largest absolute Gasteiger partial charge is 0.323 e. The second-order valence-corrected chi connectivity index (χ2v) is 6.22. The zero-order chi connectivity index (χ0) is 17.0. The molecular formula is C21H20N2O. The Morgan fingerprint density at radius 3 is 2.46 bits per heavy atom. The third kappa shape index (κ3) is 3.09. The van der Waals surface area contributed by atoms with Crippen molar-refractivity contribution in [2.24, 2.45) is 0 Å². The number of rotatable bonds is 4. The molecule has 3 heteroatoms. The SMILES string of the molecule is CN(C(=O)C=Cc1cccc(-c2ccccc2)c1)C1(C#N)CCC1. The van der Waals surface area contributed by atoms with E-state index in [1.165, 1.54) is 0 Å². The van der Waals surface area contributed by atoms with Crippen LogP contribution in [0.15, 0.2) is 60.7 Å². The molecule has 0 bridgehead atoms. The number of benzene rings is 2. The van der Waals surface area contributed by atoms with Crippen LogP contribution in [0.25, 0.3) is 17.2 Å². The molecule has 1 aliphatic carbocycles. The first kappa shape index (κ1) is 16.0. The van der Waals surface area contributed by atoms with E-state index in [1.54, 1.807) is 18.0 Å². The van der Waals surface area contributed by atoms with Crippen molar-refractivity contribution in [2.75, 3.05) is 7.05 Å². The van der Waals surface area contributed by atoms with Crippen LogP contribution in [0.3, 0.4) is 0 Å². The molecule has 24 heavy (non-hydrogen) atoms. The minimum atomic E-state index is -0.604. The van der Waals surface area contributed by atoms with Gasteiger partial charge in [0.05, 0.1) is 6.07 Å². The highest BCUT2D eigenvalue weighted by molar-refractivity contribution is 5.92. The van der Waals surface area contributed by atoms with E-state index in [0.717, 1.165) is 36.0 Å². The Balaban J connectivity index is 1.75. The van der Waals surface area contributed by atoms with E-state index in [4.69, 9.17) is 0 Å². The summed E-state index contributed by atoms with van der Waals surface area (Å²) in [5.74, 6) is -0.124. The molecule has 1 fully saturated rings. The Morgan fingerprint density at radius 1 is 1.12 bits per heavy atom. The highest BCUT2D eigenvalue weighted by atomic mass is 16.2. The molecule has 120 valence electrons. The van der Waals surface area contributed by atoms with Crippen LogP contribution in [-0.4, -0.2) is 23.4 Å². The van der Waals surface area contributed by atoms with Crippen LogP contribution in [-0.2, 0) is 4.79 Å². The van der Waals surface area contributed by atoms with Crippen LogP contribution in [0, 0.1) is 11.3 Å². The molecule has 0 heterocycles. The lowest BCUT2D eigenvalue weighted by molar-refractivity contribution is -0.130. The first-order valence-corrected chi connectivity index (χ1v) is 8.17. The Kier molecular flexibility index (Phi) is 4.48. The number of likely N-dealkylation sites (N-methyl/N-ethyl adjacent to an activating group) is 1. The molecule has 0 saturated heterocycles. The normalized spacial score (nSPS) is 15.5. The summed E-state index contributed by atoms with van der Waals surface area (Å²) >= 11 is 0. The van der Waals surface area contributed by atoms with Gasteiger partial charge in [-0.2, -0.15) is 5.26 Å². The first-order chi connectivity index (χ1) is 11.6. The Hall–Kier alpha value is -2.86. The molecule has 0 aromatic heterocycles. The van der Waals surface area contributed by atoms with Crippen LogP contribution < -0.4 is 0 Å². The van der Waals surface area contributed by atoms with Crippen LogP contribution >= 0.6 is 0 Å². The first-order valence-electron chi connectivity index (χ1n) is 8.17. The molecule has 1 aliphatic rings. The Bertz CT molecular complexity index is 798. The molecular weight excluding hydrogens is 296 g/mol. The van der Waals surface area contributed by atoms with Crippen molar-refractivity contribution in [3.05, 3.63) is 66.2 Å². The fourth-order valence-electron chi connectivity index (χ4n) is 2.98. The fraction of sp³-hybridized carbons (Fsp3) is 0.238. The van der Waals surface area contributed by atoms with Crippen molar-refractivity contribution in [3.8, 4) is 17.2 Å². The molecule has 3 nitrogen and oxygen atoms in total. The predicted molar refractivity (Wildman–Crippen MR) is 95.9 cm³/mol. The van der Waals surface area contributed by atoms with E-state index in [9.17, 15) is 10.1 Å². The molecule has 1 amide bonds. The topological polar surface area (TPSA) is 44.1 Å². The molecule has 0 atom stereocenters. The quantitative estimate of drug-likeness (QED) is 0.791. The van der Waals surface area contributed by atoms with Gasteiger partial charge in [-0.15, -0.1) is 0 Å². The van der Waals surface area contributed by atoms with Crippen molar-refractivity contribution < 1.29 is 4.79 Å². The van der Waals surface area contributed by atoms with Gasteiger partial charge in [-0.25, -0.2) is 0 Å². The summed E-state index contributed by atoms with van der Waals surface area (Å²) in [5.41, 5.74) is 2.63. The molecule has 0 radical (unpaired) electrons. The third-order valence-electron chi connectivity index (χ3n) is 4.77. The van der Waals surface area contributed by atoms with Gasteiger partial charge < -0.3 is 4.90 Å². The van der Waals surface area contributed by atoms with E-state index < -0.39 is 5.54 Å². The van der Waals surface area contributed by atoms with Crippen molar-refractivity contribution in [3.63, 3.8) is 0 Å². The molecule has 1 saturated carbocycles. The Labute approximate surface area is 142 Å². The monoisotopic (exact) mass is 316 g/mol. The number of carbonyl (C=O) groups is 1. The van der Waals surface area contributed by atoms with Crippen LogP contribution in [0.5, 0.6) is 0 Å². The van der Waals surface area contributed by atoms with Gasteiger partial charge in [-0.3, -0.25) is 4.79 Å². The summed E-state index contributed by atoms with van der Waals surface area (Å²) in [7, 11) is 1.72. The van der Waals surface area contributed by atoms with E-state index in [0.29, 0.717) is 0 Å². The lowest BCUT2D eigenvalue weighted by Crippen LogP contribution is -2.52. The van der Waals surface area contributed by atoms with Crippen LogP contribution in [0.4, 0.5) is 0 Å². The average Bonchev–Trinajstić information content (AvgIpc) is 2.60. The van der Waals surface area contributed by atoms with E-state index in [1.807, 2.05) is 36.4 Å². The van der Waals surface area contributed by atoms with Crippen LogP contribution in [0.1, 0.15) is 24.8 Å². The summed E-state index contributed by atoms with van der Waals surface area (Å²) < 4.78 is 0. The zero-order valence-electron chi connectivity index (χ0n) is 13.8. The summed E-state index contributed by atoms with van der Waals surface area (Å²) in [6, 6.07) is 20.5. The summed E-state index contributed by atoms with van der Waals surface area (Å²) in [6.07, 6.45) is 5.91. The number of carbonyl (C=O) groups excluding carboxylic acids is 1. The van der Waals surface area contributed by atoms with E-state index in [2.05, 4.69) is 30.3 Å². The van der Waals surface area contributed by atoms with Gasteiger partial charge >= 0.3 is 0 Å². The zero-order valence-corrected chi connectivity index (χ0v) is 13.8. The van der Waals surface area contributed by atoms with Crippen LogP contribution in [0.2, 0.25) is 0 Å². The van der Waals surface area contributed by atoms with Gasteiger partial charge in [0.2, 0.25) is 5.91 Å². The molecule has 2 aromatic carbocycles. The number of nitriles is 1. The van der Waals surface area contributed by atoms with Crippen molar-refractivity contribution >= 4 is 12.0 Å². The van der Waals surface area contributed by atoms with E-state index in [-0.39, 0.29) is 5.91 Å². The standard InChI is InChI=1S/C21H20N2O/c1-23(21(16-22)13-6-14-21)20(24)12-11-17-7-5-10-19(15-17)18-8-3-2-4-9-18/h2-5,7-12,15H,6,13-14H2,1H3. The highest BCUT2D eigenvalue weighted by Gasteiger charge is 2.42. The third-order valence-corrected chi connectivity index (χ3v) is 4.77. The molecule has 3 rings (SSSR count). The lowest BCUT2D eigenvalue weighted by Gasteiger charge is -2.42. The highest BCUT2D eigenvalue weighted by Crippen LogP contribution is 2.36. The number of nitrogens with zero attached hydrogens (tertiary/aromatic N) is 2. The average molecular weight is 316 g/mol. The molecule has 0 aliphatic heterocycles. The fourth-order valence-corrected chi connectivity index (χ4v) is 2.98. The minimum absolute atomic E-state index is 0.124. The van der Waals surface area contributed by atoms with Crippen molar-refractivity contribution in [1.29, 1.82) is 5.26 Å². The van der Waals surface area contributed by atoms with E-state index >= 15 is 0 Å². The van der Waals surface area contributed by atoms with Gasteiger partial charge in [0.1, 0.15) is 5.54 Å². The van der Waals surface area contributed by atoms with Crippen molar-refractivity contribution in [1.82, 2.24) is 4.90 Å². The van der Waals surface area contributed by atoms with Gasteiger partial charge in [0.15, 0.2) is 0 Å². The summed E-state index contributed by atoms with van der Waals surface area (Å²) in [5, 5.41) is 9.34. The molecule has 0 spiro atoms. The lowest BCUT2D eigenvalue weighted by atomic mass is 9.76. The maximum Gasteiger partial charge on any atom is 0.247 e. The molecule has 0 N–H and O–H groups in total. The maximum atomic E-state index is 12.4. The number of hydrogen-bond acceptors (Lipinski definition) is 2. The van der Waals surface area contributed by atoms with Crippen molar-refractivity contribution in [2.45, 2.75) is 24.8 Å². The van der Waals surface area contributed by atoms with Gasteiger partial charge in [0, 0.05) is 13.1 Å². The molecule has 0 unspecified atom stereocenters.